The first kappa shape index (κ1) is 38.6. The fraction of sp³-hybridized carbons (Fsp3) is 0.412. The number of carbonyl (C=O) groups is 1. The van der Waals surface area contributed by atoms with Crippen molar-refractivity contribution in [3.8, 4) is 0 Å². The van der Waals surface area contributed by atoms with Crippen molar-refractivity contribution in [1.29, 1.82) is 0 Å². The number of nitrogens with zero attached hydrogens (tertiary/aromatic N) is 9. The van der Waals surface area contributed by atoms with Crippen LogP contribution in [0.3, 0.4) is 0 Å². The predicted octanol–water partition coefficient (Wildman–Crippen LogP) is 4.21. The van der Waals surface area contributed by atoms with E-state index in [1.54, 1.807) is 51.0 Å². The topological polar surface area (TPSA) is 214 Å². The molecule has 0 unspecified atom stereocenters. The molecule has 0 fully saturated rings. The van der Waals surface area contributed by atoms with Gasteiger partial charge in [-0.3, -0.25) is 14.2 Å². The molecule has 0 bridgehead atoms. The van der Waals surface area contributed by atoms with Gasteiger partial charge in [0.2, 0.25) is 0 Å². The van der Waals surface area contributed by atoms with E-state index in [4.69, 9.17) is 11.5 Å². The molecule has 1 aliphatic heterocycles. The van der Waals surface area contributed by atoms with Crippen LogP contribution in [-0.4, -0.2) is 60.5 Å². The van der Waals surface area contributed by atoms with E-state index in [0.29, 0.717) is 40.6 Å². The number of amides is 1. The summed E-state index contributed by atoms with van der Waals surface area (Å²) in [5, 5.41) is 2.68. The maximum absolute atomic E-state index is 11.5. The summed E-state index contributed by atoms with van der Waals surface area (Å²) >= 11 is 0. The molecule has 16 nitrogen and oxygen atoms in total. The lowest BCUT2D eigenvalue weighted by Crippen LogP contribution is -2.40. The molecule has 1 aliphatic rings. The summed E-state index contributed by atoms with van der Waals surface area (Å²) in [7, 11) is 0. The predicted molar refractivity (Wildman–Crippen MR) is 197 cm³/mol. The van der Waals surface area contributed by atoms with E-state index in [2.05, 4.69) is 55.6 Å². The van der Waals surface area contributed by atoms with Crippen LogP contribution < -0.4 is 28.0 Å². The Morgan fingerprint density at radius 1 is 0.740 bits per heavy atom. The Morgan fingerprint density at radius 3 is 1.88 bits per heavy atom. The number of rotatable bonds is 4. The lowest BCUT2D eigenvalue weighted by molar-refractivity contribution is -0.117. The molecule has 0 saturated heterocycles. The van der Waals surface area contributed by atoms with Crippen LogP contribution in [0.4, 0.5) is 11.5 Å². The number of aromatic amines is 1. The van der Waals surface area contributed by atoms with Gasteiger partial charge >= 0.3 is 5.69 Å². The normalized spacial score (nSPS) is 12.8. The second kappa shape index (κ2) is 16.5. The van der Waals surface area contributed by atoms with Gasteiger partial charge in [0.1, 0.15) is 23.0 Å². The highest BCUT2D eigenvalue weighted by molar-refractivity contribution is 5.94. The molecular weight excluding hydrogens is 638 g/mol. The zero-order valence-corrected chi connectivity index (χ0v) is 30.5. The summed E-state index contributed by atoms with van der Waals surface area (Å²) in [5.74, 6) is 1.48. The molecule has 268 valence electrons. The van der Waals surface area contributed by atoms with E-state index in [1.807, 2.05) is 61.8 Å². The molecule has 6 N–H and O–H groups in total. The third-order valence-corrected chi connectivity index (χ3v) is 7.38. The lowest BCUT2D eigenvalue weighted by atomic mass is 10.2. The Labute approximate surface area is 291 Å². The van der Waals surface area contributed by atoms with E-state index in [9.17, 15) is 14.4 Å². The molecule has 6 rings (SSSR count). The molecule has 1 amide bonds. The SMILES string of the molecule is C=C1NC(=O)C(C)=CN1C(C)C.CC(C)n1ccc(N)nc1=O.CC(C)n1cnc2c(N)ccnc21.Cc1nc2c(ncn2C(C)C)c(=O)[nH]1. The third-order valence-electron chi connectivity index (χ3n) is 7.38. The van der Waals surface area contributed by atoms with Crippen molar-refractivity contribution < 1.29 is 4.79 Å². The average Bonchev–Trinajstić information content (AvgIpc) is 3.66. The molecule has 0 spiro atoms. The molecule has 0 aromatic carbocycles. The van der Waals surface area contributed by atoms with Gasteiger partial charge in [-0.2, -0.15) is 4.98 Å². The van der Waals surface area contributed by atoms with Gasteiger partial charge in [-0.05, 0) is 81.4 Å². The smallest absolute Gasteiger partial charge is 0.349 e. The summed E-state index contributed by atoms with van der Waals surface area (Å²) < 4.78 is 5.42. The van der Waals surface area contributed by atoms with Gasteiger partial charge in [-0.25, -0.2) is 24.7 Å². The minimum Gasteiger partial charge on any atom is -0.397 e. The lowest BCUT2D eigenvalue weighted by Gasteiger charge is -2.31. The molecule has 50 heavy (non-hydrogen) atoms. The van der Waals surface area contributed by atoms with Crippen molar-refractivity contribution in [3.63, 3.8) is 0 Å². The standard InChI is InChI=1S/C9H12N4O.C9H12N4.C9H14N2O.C7H11N3O/c1-5(2)13-4-10-7-8(13)11-6(3)12-9(7)14;1-6(2)13-5-12-8-7(10)3-4-11-9(8)13;1-6(2)11-5-7(3)9(12)10-8(11)4;1-5(2)10-4-3-6(8)9-7(10)11/h4-5H,1-3H3,(H,11,12,14);3-6H,1-2H3,(H2,10,11);5-6H,4H2,1-3H3,(H,10,12);3-5H,1-2H3,(H2,8,9,11). The summed E-state index contributed by atoms with van der Waals surface area (Å²) in [6.45, 7) is 23.5. The third kappa shape index (κ3) is 9.42. The Kier molecular flexibility index (Phi) is 12.8. The van der Waals surface area contributed by atoms with E-state index in [1.165, 1.54) is 4.57 Å². The van der Waals surface area contributed by atoms with E-state index in [0.717, 1.165) is 16.7 Å². The fourth-order valence-corrected chi connectivity index (χ4v) is 4.66. The van der Waals surface area contributed by atoms with Crippen LogP contribution in [0.2, 0.25) is 0 Å². The summed E-state index contributed by atoms with van der Waals surface area (Å²) in [6, 6.07) is 4.46. The average molecular weight is 688 g/mol. The monoisotopic (exact) mass is 687 g/mol. The number of nitrogens with one attached hydrogen (secondary N) is 2. The van der Waals surface area contributed by atoms with E-state index < -0.39 is 0 Å². The van der Waals surface area contributed by atoms with Crippen LogP contribution in [0.1, 0.15) is 86.3 Å². The quantitative estimate of drug-likeness (QED) is 0.210. The zero-order chi connectivity index (χ0) is 37.4. The molecule has 0 radical (unpaired) electrons. The van der Waals surface area contributed by atoms with Crippen LogP contribution in [0.15, 0.2) is 70.9 Å². The number of imidazole rings is 2. The second-order valence-corrected chi connectivity index (χ2v) is 12.7. The van der Waals surface area contributed by atoms with Gasteiger partial charge in [0.25, 0.3) is 11.5 Å². The number of H-pyrrole nitrogens is 1. The molecule has 0 saturated carbocycles. The van der Waals surface area contributed by atoms with Gasteiger partial charge in [-0.1, -0.05) is 6.58 Å². The van der Waals surface area contributed by atoms with Gasteiger partial charge < -0.3 is 35.8 Å². The molecule has 5 aromatic rings. The van der Waals surface area contributed by atoms with Crippen LogP contribution >= 0.6 is 0 Å². The number of hydrogen-bond acceptors (Lipinski definition) is 11. The van der Waals surface area contributed by atoms with Crippen molar-refractivity contribution in [2.75, 3.05) is 11.5 Å². The Bertz CT molecular complexity index is 2100. The second-order valence-electron chi connectivity index (χ2n) is 12.7. The molecule has 5 aromatic heterocycles. The molecule has 0 aliphatic carbocycles. The van der Waals surface area contributed by atoms with Crippen LogP contribution in [0.5, 0.6) is 0 Å². The zero-order valence-electron chi connectivity index (χ0n) is 30.5. The number of hydrogen-bond donors (Lipinski definition) is 4. The van der Waals surface area contributed by atoms with E-state index in [-0.39, 0.29) is 35.1 Å². The highest BCUT2D eigenvalue weighted by atomic mass is 16.2. The summed E-state index contributed by atoms with van der Waals surface area (Å²) in [5.41, 5.74) is 14.7. The first-order valence-electron chi connectivity index (χ1n) is 16.2. The first-order chi connectivity index (χ1) is 23.4. The van der Waals surface area contributed by atoms with Crippen LogP contribution in [-0.2, 0) is 4.79 Å². The maximum Gasteiger partial charge on any atom is 0.349 e. The summed E-state index contributed by atoms with van der Waals surface area (Å²) in [4.78, 5) is 58.5. The Morgan fingerprint density at radius 2 is 1.32 bits per heavy atom. The van der Waals surface area contributed by atoms with Crippen molar-refractivity contribution in [2.24, 2.45) is 0 Å². The van der Waals surface area contributed by atoms with Gasteiger partial charge in [0.15, 0.2) is 16.8 Å². The van der Waals surface area contributed by atoms with Crippen molar-refractivity contribution >= 4 is 39.7 Å². The first-order valence-corrected chi connectivity index (χ1v) is 16.2. The number of carbonyl (C=O) groups excluding carboxylic acids is 1. The number of aromatic nitrogens is 9. The van der Waals surface area contributed by atoms with Crippen molar-refractivity contribution in [1.82, 2.24) is 53.8 Å². The van der Waals surface area contributed by atoms with Crippen molar-refractivity contribution in [3.05, 3.63) is 88.0 Å². The van der Waals surface area contributed by atoms with Gasteiger partial charge in [0.05, 0.1) is 18.3 Å². The number of anilines is 2. The van der Waals surface area contributed by atoms with E-state index >= 15 is 0 Å². The molecular formula is C34H49N13O3. The van der Waals surface area contributed by atoms with Crippen LogP contribution in [0, 0.1) is 6.92 Å². The van der Waals surface area contributed by atoms with Crippen LogP contribution in [0.25, 0.3) is 22.3 Å². The maximum atomic E-state index is 11.5. The Hall–Kier alpha value is -5.80. The number of nitrogens with two attached hydrogens (primary N) is 2. The number of nitrogen functional groups attached to an aromatic ring is 2. The minimum absolute atomic E-state index is 0.0584. The Balaban J connectivity index is 0.000000181. The number of fused-ring (bicyclic) bond motifs is 2. The van der Waals surface area contributed by atoms with Crippen molar-refractivity contribution in [2.45, 2.75) is 93.4 Å². The summed E-state index contributed by atoms with van der Waals surface area (Å²) in [6.07, 6.45) is 8.61. The minimum atomic E-state index is -0.292. The fourth-order valence-electron chi connectivity index (χ4n) is 4.66. The molecule has 0 atom stereocenters. The number of aryl methyl sites for hydroxylation is 1. The number of pyridine rings is 1. The molecule has 16 heteroatoms. The largest absolute Gasteiger partial charge is 0.397 e. The molecule has 6 heterocycles. The highest BCUT2D eigenvalue weighted by Crippen LogP contribution is 2.19. The highest BCUT2D eigenvalue weighted by Gasteiger charge is 2.19. The van der Waals surface area contributed by atoms with Gasteiger partial charge in [-0.15, -0.1) is 0 Å². The van der Waals surface area contributed by atoms with Gasteiger partial charge in [0, 0.05) is 48.3 Å².